The van der Waals surface area contributed by atoms with Crippen LogP contribution in [0.5, 0.6) is 5.75 Å². The average molecular weight is 364 g/mol. The van der Waals surface area contributed by atoms with Gasteiger partial charge in [-0.1, -0.05) is 5.16 Å². The molecule has 134 valence electrons. The van der Waals surface area contributed by atoms with Gasteiger partial charge in [-0.25, -0.2) is 8.42 Å². The number of nitrogens with zero attached hydrogens (tertiary/aromatic N) is 2. The van der Waals surface area contributed by atoms with Gasteiger partial charge in [0.1, 0.15) is 17.7 Å². The van der Waals surface area contributed by atoms with Gasteiger partial charge in [0.2, 0.25) is 10.0 Å². The minimum atomic E-state index is -3.75. The van der Waals surface area contributed by atoms with Crippen LogP contribution in [0.15, 0.2) is 27.8 Å². The Bertz CT molecular complexity index is 877. The molecule has 0 spiro atoms. The van der Waals surface area contributed by atoms with Gasteiger partial charge >= 0.3 is 0 Å². The van der Waals surface area contributed by atoms with E-state index in [1.54, 1.807) is 33.1 Å². The topological polar surface area (TPSA) is 89.7 Å². The van der Waals surface area contributed by atoms with E-state index in [0.29, 0.717) is 28.9 Å². The van der Waals surface area contributed by atoms with Crippen LogP contribution in [0.4, 0.5) is 0 Å². The highest BCUT2D eigenvalue weighted by atomic mass is 32.2. The number of hydrogen-bond acceptors (Lipinski definition) is 6. The lowest BCUT2D eigenvalue weighted by Crippen LogP contribution is -2.34. The molecule has 8 heteroatoms. The Morgan fingerprint density at radius 1 is 1.32 bits per heavy atom. The molecule has 7 nitrogen and oxygen atoms in total. The van der Waals surface area contributed by atoms with Gasteiger partial charge in [-0.3, -0.25) is 4.79 Å². The third-order valence-electron chi connectivity index (χ3n) is 4.30. The van der Waals surface area contributed by atoms with Crippen molar-refractivity contribution < 1.29 is 22.5 Å². The summed E-state index contributed by atoms with van der Waals surface area (Å²) in [6.07, 6.45) is 3.43. The molecule has 0 atom stereocenters. The van der Waals surface area contributed by atoms with Crippen molar-refractivity contribution in [1.82, 2.24) is 9.46 Å². The van der Waals surface area contributed by atoms with E-state index in [9.17, 15) is 13.2 Å². The zero-order chi connectivity index (χ0) is 18.2. The summed E-state index contributed by atoms with van der Waals surface area (Å²) < 4.78 is 38.1. The van der Waals surface area contributed by atoms with E-state index < -0.39 is 10.0 Å². The fraction of sp³-hybridized carbons (Fsp3) is 0.412. The predicted octanol–water partition coefficient (Wildman–Crippen LogP) is 2.47. The third-order valence-corrected chi connectivity index (χ3v) is 6.50. The number of ether oxygens (including phenoxy) is 1. The number of sulfonamides is 1. The summed E-state index contributed by atoms with van der Waals surface area (Å²) in [4.78, 5) is 11.3. The molecule has 25 heavy (non-hydrogen) atoms. The van der Waals surface area contributed by atoms with Crippen LogP contribution in [-0.4, -0.2) is 37.3 Å². The zero-order valence-electron chi connectivity index (χ0n) is 14.4. The summed E-state index contributed by atoms with van der Waals surface area (Å²) in [6.45, 7) is 3.52. The second-order valence-electron chi connectivity index (χ2n) is 6.21. The van der Waals surface area contributed by atoms with Gasteiger partial charge in [0.05, 0.1) is 24.1 Å². The lowest BCUT2D eigenvalue weighted by atomic mass is 10.1. The first kappa shape index (κ1) is 17.6. The number of rotatable bonds is 7. The zero-order valence-corrected chi connectivity index (χ0v) is 15.2. The van der Waals surface area contributed by atoms with Crippen LogP contribution in [0.25, 0.3) is 0 Å². The average Bonchev–Trinajstić information content (AvgIpc) is 3.29. The molecule has 0 radical (unpaired) electrons. The Balaban J connectivity index is 2.03. The van der Waals surface area contributed by atoms with Crippen molar-refractivity contribution in [2.75, 3.05) is 7.11 Å². The number of methoxy groups -OCH3 is 1. The minimum absolute atomic E-state index is 0.0164. The maximum Gasteiger partial charge on any atom is 0.244 e. The first-order chi connectivity index (χ1) is 11.9. The number of benzene rings is 1. The molecule has 1 aromatic carbocycles. The molecule has 3 rings (SSSR count). The summed E-state index contributed by atoms with van der Waals surface area (Å²) in [5.41, 5.74) is 1.84. The van der Waals surface area contributed by atoms with E-state index in [1.807, 2.05) is 0 Å². The van der Waals surface area contributed by atoms with Crippen molar-refractivity contribution in [2.24, 2.45) is 0 Å². The lowest BCUT2D eigenvalue weighted by molar-refractivity contribution is 0.112. The number of aldehydes is 1. The maximum absolute atomic E-state index is 13.3. The van der Waals surface area contributed by atoms with Gasteiger partial charge in [0, 0.05) is 6.04 Å². The Morgan fingerprint density at radius 2 is 1.96 bits per heavy atom. The molecule has 2 aromatic rings. The summed E-state index contributed by atoms with van der Waals surface area (Å²) in [7, 11) is -2.20. The van der Waals surface area contributed by atoms with Gasteiger partial charge in [-0.2, -0.15) is 4.31 Å². The molecule has 0 amide bonds. The summed E-state index contributed by atoms with van der Waals surface area (Å²) in [5.74, 6) is 0.617. The van der Waals surface area contributed by atoms with Gasteiger partial charge in [0.25, 0.3) is 0 Å². The number of aromatic nitrogens is 1. The highest BCUT2D eigenvalue weighted by Gasteiger charge is 2.40. The molecule has 1 aliphatic rings. The first-order valence-corrected chi connectivity index (χ1v) is 9.38. The first-order valence-electron chi connectivity index (χ1n) is 7.94. The lowest BCUT2D eigenvalue weighted by Gasteiger charge is -2.23. The predicted molar refractivity (Wildman–Crippen MR) is 90.1 cm³/mol. The summed E-state index contributed by atoms with van der Waals surface area (Å²) in [5, 5.41) is 3.78. The molecule has 1 aromatic heterocycles. The van der Waals surface area contributed by atoms with Crippen LogP contribution < -0.4 is 4.74 Å². The van der Waals surface area contributed by atoms with Crippen molar-refractivity contribution in [3.8, 4) is 5.75 Å². The van der Waals surface area contributed by atoms with Crippen molar-refractivity contribution >= 4 is 16.3 Å². The van der Waals surface area contributed by atoms with Gasteiger partial charge in [0.15, 0.2) is 6.29 Å². The number of hydrogen-bond donors (Lipinski definition) is 0. The third kappa shape index (κ3) is 3.32. The van der Waals surface area contributed by atoms with E-state index in [-0.39, 0.29) is 23.0 Å². The van der Waals surface area contributed by atoms with E-state index in [0.717, 1.165) is 12.8 Å². The molecule has 0 aliphatic heterocycles. The molecule has 0 bridgehead atoms. The highest BCUT2D eigenvalue weighted by molar-refractivity contribution is 7.89. The van der Waals surface area contributed by atoms with Crippen molar-refractivity contribution in [1.29, 1.82) is 0 Å². The standard InChI is InChI=1S/C17H20N2O5S/c1-11-6-15(23-3)7-12(2)17(11)25(21,22)19(14-4-5-14)8-16-13(9-20)10-24-18-16/h6-7,9-10,14H,4-5,8H2,1-3H3. The van der Waals surface area contributed by atoms with E-state index in [1.165, 1.54) is 10.6 Å². The molecule has 1 aliphatic carbocycles. The van der Waals surface area contributed by atoms with Crippen LogP contribution >= 0.6 is 0 Å². The van der Waals surface area contributed by atoms with Crippen LogP contribution in [0.3, 0.4) is 0 Å². The van der Waals surface area contributed by atoms with E-state index in [2.05, 4.69) is 5.16 Å². The maximum atomic E-state index is 13.3. The van der Waals surface area contributed by atoms with Crippen molar-refractivity contribution in [2.45, 2.75) is 44.2 Å². The van der Waals surface area contributed by atoms with E-state index >= 15 is 0 Å². The second kappa shape index (κ2) is 6.61. The molecule has 1 heterocycles. The molecule has 1 saturated carbocycles. The normalized spacial score (nSPS) is 14.7. The monoisotopic (exact) mass is 364 g/mol. The molecule has 1 fully saturated rings. The SMILES string of the molecule is COc1cc(C)c(S(=O)(=O)N(Cc2nocc2C=O)C2CC2)c(C)c1. The van der Waals surface area contributed by atoms with Crippen LogP contribution in [0.1, 0.15) is 40.0 Å². The Hall–Kier alpha value is -2.19. The highest BCUT2D eigenvalue weighted by Crippen LogP contribution is 2.36. The van der Waals surface area contributed by atoms with Crippen molar-refractivity contribution in [3.05, 3.63) is 40.8 Å². The van der Waals surface area contributed by atoms with Gasteiger partial charge in [-0.05, 0) is 49.9 Å². The van der Waals surface area contributed by atoms with Crippen LogP contribution in [0.2, 0.25) is 0 Å². The fourth-order valence-corrected chi connectivity index (χ4v) is 5.02. The summed E-state index contributed by atoms with van der Waals surface area (Å²) in [6, 6.07) is 3.33. The number of aryl methyl sites for hydroxylation is 2. The fourth-order valence-electron chi connectivity index (χ4n) is 2.96. The largest absolute Gasteiger partial charge is 0.497 e. The van der Waals surface area contributed by atoms with Gasteiger partial charge in [-0.15, -0.1) is 0 Å². The van der Waals surface area contributed by atoms with Crippen LogP contribution in [-0.2, 0) is 16.6 Å². The van der Waals surface area contributed by atoms with Gasteiger partial charge < -0.3 is 9.26 Å². The van der Waals surface area contributed by atoms with Crippen LogP contribution in [0, 0.1) is 13.8 Å². The minimum Gasteiger partial charge on any atom is -0.497 e. The smallest absolute Gasteiger partial charge is 0.244 e. The Labute approximate surface area is 146 Å². The van der Waals surface area contributed by atoms with E-state index in [4.69, 9.17) is 9.26 Å². The molecule has 0 unspecified atom stereocenters. The molecule has 0 saturated heterocycles. The van der Waals surface area contributed by atoms with Crippen molar-refractivity contribution in [3.63, 3.8) is 0 Å². The Kier molecular flexibility index (Phi) is 4.66. The molecular formula is C17H20N2O5S. The number of carbonyl (C=O) groups excluding carboxylic acids is 1. The quantitative estimate of drug-likeness (QED) is 0.701. The summed E-state index contributed by atoms with van der Waals surface area (Å²) >= 11 is 0. The molecular weight excluding hydrogens is 344 g/mol. The number of carbonyl (C=O) groups is 1. The second-order valence-corrected chi connectivity index (χ2v) is 8.03. The molecule has 0 N–H and O–H groups in total. The Morgan fingerprint density at radius 3 is 2.48 bits per heavy atom.